The van der Waals surface area contributed by atoms with Crippen LogP contribution in [-0.2, 0) is 33.2 Å². The molecule has 0 saturated carbocycles. The van der Waals surface area contributed by atoms with E-state index in [-0.39, 0.29) is 24.9 Å². The van der Waals surface area contributed by atoms with E-state index in [1.807, 2.05) is 125 Å². The van der Waals surface area contributed by atoms with Crippen molar-refractivity contribution in [1.82, 2.24) is 34.7 Å². The number of hydrogen-bond donors (Lipinski definition) is 1. The fourth-order valence-electron chi connectivity index (χ4n) is 9.52. The van der Waals surface area contributed by atoms with Gasteiger partial charge in [-0.15, -0.1) is 0 Å². The molecule has 1 N–H and O–H groups in total. The molecule has 0 aliphatic heterocycles. The summed E-state index contributed by atoms with van der Waals surface area (Å²) in [6.45, 7) is 38.9. The molecule has 0 atom stereocenters. The van der Waals surface area contributed by atoms with E-state index in [9.17, 15) is 33.6 Å². The van der Waals surface area contributed by atoms with Crippen LogP contribution in [0.5, 0.6) is 0 Å². The number of nitrogens with zero attached hydrogens (tertiary/aromatic N) is 6. The first-order chi connectivity index (χ1) is 41.1. The van der Waals surface area contributed by atoms with Gasteiger partial charge in [-0.2, -0.15) is 0 Å². The Morgan fingerprint density at radius 1 is 0.315 bits per heavy atom. The molecule has 7 amide bonds. The molecule has 0 bridgehead atoms. The fourth-order valence-corrected chi connectivity index (χ4v) is 9.52. The summed E-state index contributed by atoms with van der Waals surface area (Å²) in [6, 6.07) is 0. The largest absolute Gasteiger partial charge is 0.444 e. The van der Waals surface area contributed by atoms with E-state index in [4.69, 9.17) is 28.4 Å². The van der Waals surface area contributed by atoms with E-state index in [2.05, 4.69) is 12.2 Å². The summed E-state index contributed by atoms with van der Waals surface area (Å²) in [4.78, 5) is 104. The lowest BCUT2D eigenvalue weighted by Gasteiger charge is -2.34. The van der Waals surface area contributed by atoms with Gasteiger partial charge in [-0.1, -0.05) is 90.4 Å². The highest BCUT2D eigenvalue weighted by molar-refractivity contribution is 5.75. The summed E-state index contributed by atoms with van der Waals surface area (Å²) in [5, 5.41) is 3.13. The smallest absolute Gasteiger partial charge is 0.410 e. The predicted molar refractivity (Wildman–Crippen MR) is 357 cm³/mol. The van der Waals surface area contributed by atoms with Crippen molar-refractivity contribution in [2.45, 2.75) is 313 Å². The molecule has 522 valence electrons. The number of ether oxygens (including phenoxy) is 6. The molecule has 89 heavy (non-hydrogen) atoms. The number of rotatable bonds is 41. The Balaban J connectivity index is 6.60. The summed E-state index contributed by atoms with van der Waals surface area (Å²) in [5.41, 5.74) is -4.35. The van der Waals surface area contributed by atoms with Gasteiger partial charge in [0, 0.05) is 92.5 Å². The van der Waals surface area contributed by atoms with E-state index < -0.39 is 70.2 Å². The van der Waals surface area contributed by atoms with Gasteiger partial charge in [-0.25, -0.2) is 28.8 Å². The van der Waals surface area contributed by atoms with Gasteiger partial charge in [0.25, 0.3) is 0 Å². The number of carbonyl (C=O) groups is 7. The van der Waals surface area contributed by atoms with Crippen molar-refractivity contribution in [3.05, 3.63) is 0 Å². The molecule has 20 nitrogen and oxygen atoms in total. The SMILES string of the molecule is CCCCCCCCCCCCCC(=O)NCCCCCCC(CN(CCCCN(CCCN(C)C(=O)OC(C)(C)C)C(=O)OC(C)(C)C)C(=O)OC(C)(C)C)CN(CCCCN(CCCN(C)C(=O)OC(C)(C)C)C(=O)OC(C)(C)C)C(=O)OC(C)(C)C. The summed E-state index contributed by atoms with van der Waals surface area (Å²) in [5.74, 6) is -0.104. The van der Waals surface area contributed by atoms with Crippen molar-refractivity contribution < 1.29 is 62.0 Å². The summed E-state index contributed by atoms with van der Waals surface area (Å²) < 4.78 is 34.8. The number of carbonyl (C=O) groups excluding carboxylic acids is 7. The van der Waals surface area contributed by atoms with E-state index in [1.165, 1.54) is 67.6 Å². The molecule has 20 heteroatoms. The van der Waals surface area contributed by atoms with Crippen LogP contribution >= 0.6 is 0 Å². The zero-order chi connectivity index (χ0) is 68.1. The van der Waals surface area contributed by atoms with Gasteiger partial charge in [-0.05, 0) is 188 Å². The minimum Gasteiger partial charge on any atom is -0.444 e. The standard InChI is InChI=1S/C69H133N7O13/c1-22-23-24-25-26-27-28-29-30-31-35-44-57(77)70-45-36-33-32-34-43-56(54-75(62(82)88-68(14,15)16)50-39-37-48-73(60(80)86-66(8,9)10)52-41-46-71(20)58(78)84-64(2,3)4)55-76(63(83)89-69(17,18)19)51-40-38-49-74(61(81)87-67(11,12)13)53-42-47-72(21)59(79)85-65(5,6)7/h56H,22-55H2,1-21H3,(H,70,77). The second-order valence-corrected chi connectivity index (χ2v) is 30.4. The van der Waals surface area contributed by atoms with Crippen molar-refractivity contribution >= 4 is 42.5 Å². The first-order valence-electron chi connectivity index (χ1n) is 34.2. The lowest BCUT2D eigenvalue weighted by atomic mass is 9.98. The van der Waals surface area contributed by atoms with Crippen LogP contribution in [0, 0.1) is 5.92 Å². The topological polar surface area (TPSA) is 206 Å². The minimum absolute atomic E-state index is 0.104. The van der Waals surface area contributed by atoms with Crippen LogP contribution in [0.15, 0.2) is 0 Å². The molecule has 0 heterocycles. The Kier molecular flexibility index (Phi) is 40.6. The molecular weight excluding hydrogens is 1130 g/mol. The maximum atomic E-state index is 14.3. The molecular formula is C69H133N7O13. The van der Waals surface area contributed by atoms with Crippen LogP contribution in [0.1, 0.15) is 279 Å². The molecule has 0 spiro atoms. The van der Waals surface area contributed by atoms with Gasteiger partial charge >= 0.3 is 36.6 Å². The van der Waals surface area contributed by atoms with E-state index in [0.717, 1.165) is 38.5 Å². The van der Waals surface area contributed by atoms with Crippen molar-refractivity contribution in [3.8, 4) is 0 Å². The maximum Gasteiger partial charge on any atom is 0.410 e. The average Bonchev–Trinajstić information content (AvgIpc) is 2.95. The van der Waals surface area contributed by atoms with Crippen molar-refractivity contribution in [3.63, 3.8) is 0 Å². The molecule has 0 aromatic rings. The monoisotopic (exact) mass is 1270 g/mol. The Hall–Kier alpha value is -4.91. The highest BCUT2D eigenvalue weighted by Crippen LogP contribution is 2.22. The molecule has 0 saturated heterocycles. The van der Waals surface area contributed by atoms with Crippen LogP contribution in [0.4, 0.5) is 28.8 Å². The average molecular weight is 1270 g/mol. The number of unbranched alkanes of at least 4 members (excludes halogenated alkanes) is 15. The van der Waals surface area contributed by atoms with Crippen molar-refractivity contribution in [1.29, 1.82) is 0 Å². The first-order valence-corrected chi connectivity index (χ1v) is 34.2. The Morgan fingerprint density at radius 2 is 0.584 bits per heavy atom. The fraction of sp³-hybridized carbons (Fsp3) is 0.899. The minimum atomic E-state index is -0.795. The van der Waals surface area contributed by atoms with Crippen LogP contribution in [-0.4, -0.2) is 192 Å². The Labute approximate surface area is 541 Å². The molecule has 0 unspecified atom stereocenters. The zero-order valence-corrected chi connectivity index (χ0v) is 60.6. The van der Waals surface area contributed by atoms with E-state index in [0.29, 0.717) is 110 Å². The molecule has 0 aromatic heterocycles. The molecule has 0 aromatic carbocycles. The summed E-state index contributed by atoms with van der Waals surface area (Å²) in [6.07, 6.45) is 18.6. The maximum absolute atomic E-state index is 14.3. The van der Waals surface area contributed by atoms with Crippen molar-refractivity contribution in [2.75, 3.05) is 86.1 Å². The highest BCUT2D eigenvalue weighted by atomic mass is 16.6. The highest BCUT2D eigenvalue weighted by Gasteiger charge is 2.31. The van der Waals surface area contributed by atoms with Crippen LogP contribution in [0.25, 0.3) is 0 Å². The van der Waals surface area contributed by atoms with Gasteiger partial charge in [0.05, 0.1) is 0 Å². The third kappa shape index (κ3) is 48.5. The Morgan fingerprint density at radius 3 is 0.921 bits per heavy atom. The van der Waals surface area contributed by atoms with E-state index >= 15 is 0 Å². The lowest BCUT2D eigenvalue weighted by Crippen LogP contribution is -2.45. The molecule has 0 aliphatic carbocycles. The summed E-state index contributed by atoms with van der Waals surface area (Å²) in [7, 11) is 3.34. The summed E-state index contributed by atoms with van der Waals surface area (Å²) >= 11 is 0. The molecule has 0 fully saturated rings. The lowest BCUT2D eigenvalue weighted by molar-refractivity contribution is -0.121. The van der Waals surface area contributed by atoms with Gasteiger partial charge in [0.2, 0.25) is 5.91 Å². The van der Waals surface area contributed by atoms with Gasteiger partial charge in [-0.3, -0.25) is 4.79 Å². The molecule has 0 aliphatic rings. The second kappa shape index (κ2) is 43.0. The van der Waals surface area contributed by atoms with Gasteiger partial charge in [0.1, 0.15) is 33.6 Å². The quantitative estimate of drug-likeness (QED) is 0.0447. The van der Waals surface area contributed by atoms with Crippen LogP contribution in [0.3, 0.4) is 0 Å². The van der Waals surface area contributed by atoms with E-state index in [1.54, 1.807) is 33.7 Å². The Bertz CT molecular complexity index is 1880. The first kappa shape index (κ1) is 84.1. The molecule has 0 rings (SSSR count). The zero-order valence-electron chi connectivity index (χ0n) is 60.6. The second-order valence-electron chi connectivity index (χ2n) is 30.4. The number of nitrogens with one attached hydrogen (secondary N) is 1. The van der Waals surface area contributed by atoms with Crippen molar-refractivity contribution in [2.24, 2.45) is 5.92 Å². The normalized spacial score (nSPS) is 12.2. The van der Waals surface area contributed by atoms with Crippen LogP contribution in [0.2, 0.25) is 0 Å². The molecule has 0 radical (unpaired) electrons. The predicted octanol–water partition coefficient (Wildman–Crippen LogP) is 16.4. The van der Waals surface area contributed by atoms with Gasteiger partial charge in [0.15, 0.2) is 0 Å². The third-order valence-electron chi connectivity index (χ3n) is 13.9. The van der Waals surface area contributed by atoms with Gasteiger partial charge < -0.3 is 63.1 Å². The number of hydrogen-bond acceptors (Lipinski definition) is 13. The van der Waals surface area contributed by atoms with Crippen LogP contribution < -0.4 is 5.32 Å². The third-order valence-corrected chi connectivity index (χ3v) is 13.9. The number of amides is 7.